The lowest BCUT2D eigenvalue weighted by atomic mass is 9.75. The Kier molecular flexibility index (Phi) is 3.45. The quantitative estimate of drug-likeness (QED) is 0.744. The molecule has 1 aliphatic carbocycles. The fraction of sp³-hybridized carbons (Fsp3) is 0.909. The molecule has 1 saturated carbocycles. The van der Waals surface area contributed by atoms with Gasteiger partial charge in [-0.05, 0) is 32.1 Å². The Hall–Kier alpha value is -0.620. The Bertz CT molecular complexity index is 387. The maximum Gasteiger partial charge on any atom is 0.222 e. The van der Waals surface area contributed by atoms with E-state index < -0.39 is 9.84 Å². The van der Waals surface area contributed by atoms with Crippen LogP contribution in [0.4, 0.5) is 0 Å². The van der Waals surface area contributed by atoms with Gasteiger partial charge in [0.2, 0.25) is 5.91 Å². The van der Waals surface area contributed by atoms with Gasteiger partial charge in [0.1, 0.15) is 9.84 Å². The van der Waals surface area contributed by atoms with Crippen LogP contribution in [0, 0.1) is 0 Å². The molecule has 1 heterocycles. The minimum Gasteiger partial charge on any atom is -0.353 e. The predicted octanol–water partition coefficient (Wildman–Crippen LogP) is -0.0487. The van der Waals surface area contributed by atoms with E-state index in [0.29, 0.717) is 19.3 Å². The van der Waals surface area contributed by atoms with Crippen molar-refractivity contribution < 1.29 is 13.2 Å². The average molecular weight is 260 g/mol. The normalized spacial score (nSPS) is 27.1. The lowest BCUT2D eigenvalue weighted by Gasteiger charge is -2.38. The fourth-order valence-corrected chi connectivity index (χ4v) is 3.93. The summed E-state index contributed by atoms with van der Waals surface area (Å²) >= 11 is 0. The van der Waals surface area contributed by atoms with E-state index in [1.807, 2.05) is 0 Å². The van der Waals surface area contributed by atoms with Crippen LogP contribution in [-0.4, -0.2) is 37.4 Å². The van der Waals surface area contributed by atoms with Crippen LogP contribution in [0.2, 0.25) is 0 Å². The third kappa shape index (κ3) is 3.42. The van der Waals surface area contributed by atoms with E-state index in [0.717, 1.165) is 19.3 Å². The van der Waals surface area contributed by atoms with Crippen molar-refractivity contribution in [2.24, 2.45) is 5.73 Å². The molecule has 0 bridgehead atoms. The first kappa shape index (κ1) is 12.8. The van der Waals surface area contributed by atoms with Gasteiger partial charge in [0, 0.05) is 18.0 Å². The summed E-state index contributed by atoms with van der Waals surface area (Å²) in [7, 11) is -2.86. The first-order valence-electron chi connectivity index (χ1n) is 6.17. The Morgan fingerprint density at radius 2 is 1.88 bits per heavy atom. The molecule has 0 aromatic carbocycles. The number of rotatable bonds is 3. The first-order chi connectivity index (χ1) is 7.89. The van der Waals surface area contributed by atoms with E-state index in [2.05, 4.69) is 5.32 Å². The molecule has 3 N–H and O–H groups in total. The molecule has 6 heteroatoms. The summed E-state index contributed by atoms with van der Waals surface area (Å²) in [5.41, 5.74) is 5.69. The number of hydrogen-bond donors (Lipinski definition) is 2. The van der Waals surface area contributed by atoms with Crippen molar-refractivity contribution in [2.75, 3.05) is 11.5 Å². The Labute approximate surface area is 102 Å². The van der Waals surface area contributed by atoms with Gasteiger partial charge < -0.3 is 11.1 Å². The average Bonchev–Trinajstić information content (AvgIpc) is 2.19. The van der Waals surface area contributed by atoms with E-state index in [9.17, 15) is 13.2 Å². The van der Waals surface area contributed by atoms with Crippen LogP contribution in [0.3, 0.4) is 0 Å². The van der Waals surface area contributed by atoms with Gasteiger partial charge in [0.05, 0.1) is 11.5 Å². The largest absolute Gasteiger partial charge is 0.353 e. The zero-order valence-electron chi connectivity index (χ0n) is 9.94. The Morgan fingerprint density at radius 1 is 1.29 bits per heavy atom. The van der Waals surface area contributed by atoms with E-state index in [-0.39, 0.29) is 29.0 Å². The van der Waals surface area contributed by atoms with Gasteiger partial charge in [-0.15, -0.1) is 0 Å². The highest BCUT2D eigenvalue weighted by Gasteiger charge is 2.35. The SMILES string of the molecule is NC1(CC(=O)NC2CCS(=O)(=O)CC2)CCC1. The van der Waals surface area contributed by atoms with Crippen LogP contribution in [-0.2, 0) is 14.6 Å². The molecule has 0 atom stereocenters. The van der Waals surface area contributed by atoms with Crippen molar-refractivity contribution in [3.63, 3.8) is 0 Å². The first-order valence-corrected chi connectivity index (χ1v) is 7.99. The molecule has 5 nitrogen and oxygen atoms in total. The summed E-state index contributed by atoms with van der Waals surface area (Å²) in [5, 5.41) is 2.90. The van der Waals surface area contributed by atoms with E-state index >= 15 is 0 Å². The van der Waals surface area contributed by atoms with Crippen LogP contribution in [0.5, 0.6) is 0 Å². The molecule has 98 valence electrons. The van der Waals surface area contributed by atoms with E-state index in [4.69, 9.17) is 5.73 Å². The van der Waals surface area contributed by atoms with Crippen molar-refractivity contribution in [3.8, 4) is 0 Å². The fourth-order valence-electron chi connectivity index (χ4n) is 2.44. The monoisotopic (exact) mass is 260 g/mol. The second-order valence-corrected chi connectivity index (χ2v) is 7.69. The summed E-state index contributed by atoms with van der Waals surface area (Å²) < 4.78 is 22.5. The van der Waals surface area contributed by atoms with Crippen molar-refractivity contribution in [1.29, 1.82) is 0 Å². The molecule has 0 radical (unpaired) electrons. The second kappa shape index (κ2) is 4.57. The van der Waals surface area contributed by atoms with E-state index in [1.54, 1.807) is 0 Å². The van der Waals surface area contributed by atoms with Crippen LogP contribution < -0.4 is 11.1 Å². The molecule has 0 spiro atoms. The molecule has 2 rings (SSSR count). The van der Waals surface area contributed by atoms with Crippen molar-refractivity contribution >= 4 is 15.7 Å². The standard InChI is InChI=1S/C11H20N2O3S/c12-11(4-1-5-11)8-10(14)13-9-2-6-17(15,16)7-3-9/h9H,1-8,12H2,(H,13,14). The molecular formula is C11H20N2O3S. The highest BCUT2D eigenvalue weighted by atomic mass is 32.2. The summed E-state index contributed by atoms with van der Waals surface area (Å²) in [6, 6.07) is 0.00898. The zero-order chi connectivity index (χ0) is 12.5. The highest BCUT2D eigenvalue weighted by molar-refractivity contribution is 7.91. The topological polar surface area (TPSA) is 89.3 Å². The van der Waals surface area contributed by atoms with Gasteiger partial charge in [0.25, 0.3) is 0 Å². The molecule has 2 aliphatic rings. The molecule has 0 aromatic heterocycles. The molecule has 1 aliphatic heterocycles. The molecule has 17 heavy (non-hydrogen) atoms. The van der Waals surface area contributed by atoms with Gasteiger partial charge in [0.15, 0.2) is 0 Å². The second-order valence-electron chi connectivity index (χ2n) is 5.39. The number of amides is 1. The Balaban J connectivity index is 1.76. The zero-order valence-corrected chi connectivity index (χ0v) is 10.8. The lowest BCUT2D eigenvalue weighted by Crippen LogP contribution is -2.51. The highest BCUT2D eigenvalue weighted by Crippen LogP contribution is 2.32. The molecule has 0 unspecified atom stereocenters. The summed E-state index contributed by atoms with van der Waals surface area (Å²) in [6.07, 6.45) is 4.37. The van der Waals surface area contributed by atoms with Gasteiger partial charge in [-0.3, -0.25) is 4.79 Å². The molecule has 0 aromatic rings. The van der Waals surface area contributed by atoms with Gasteiger partial charge in [-0.2, -0.15) is 0 Å². The summed E-state index contributed by atoms with van der Waals surface area (Å²) in [5.74, 6) is 0.341. The number of nitrogens with two attached hydrogens (primary N) is 1. The molecular weight excluding hydrogens is 240 g/mol. The van der Waals surface area contributed by atoms with Crippen LogP contribution in [0.1, 0.15) is 38.5 Å². The number of hydrogen-bond acceptors (Lipinski definition) is 4. The predicted molar refractivity (Wildman–Crippen MR) is 65.2 cm³/mol. The minimum atomic E-state index is -2.86. The van der Waals surface area contributed by atoms with Crippen LogP contribution >= 0.6 is 0 Å². The molecule has 2 fully saturated rings. The molecule has 1 saturated heterocycles. The number of carbonyl (C=O) groups is 1. The van der Waals surface area contributed by atoms with Crippen LogP contribution in [0.25, 0.3) is 0 Å². The number of carbonyl (C=O) groups excluding carboxylic acids is 1. The lowest BCUT2D eigenvalue weighted by molar-refractivity contribution is -0.123. The summed E-state index contributed by atoms with van der Waals surface area (Å²) in [6.45, 7) is 0. The Morgan fingerprint density at radius 3 is 2.35 bits per heavy atom. The van der Waals surface area contributed by atoms with E-state index in [1.165, 1.54) is 0 Å². The smallest absolute Gasteiger partial charge is 0.222 e. The van der Waals surface area contributed by atoms with Gasteiger partial charge >= 0.3 is 0 Å². The number of nitrogens with one attached hydrogen (secondary N) is 1. The summed E-state index contributed by atoms with van der Waals surface area (Å²) in [4.78, 5) is 11.7. The van der Waals surface area contributed by atoms with Crippen LogP contribution in [0.15, 0.2) is 0 Å². The maximum absolute atomic E-state index is 11.7. The number of sulfone groups is 1. The third-order valence-corrected chi connectivity index (χ3v) is 5.50. The van der Waals surface area contributed by atoms with Crippen molar-refractivity contribution in [2.45, 2.75) is 50.1 Å². The van der Waals surface area contributed by atoms with Crippen molar-refractivity contribution in [3.05, 3.63) is 0 Å². The van der Waals surface area contributed by atoms with Gasteiger partial charge in [-0.1, -0.05) is 0 Å². The molecule has 1 amide bonds. The van der Waals surface area contributed by atoms with Crippen molar-refractivity contribution in [1.82, 2.24) is 5.32 Å². The minimum absolute atomic E-state index is 0.00898. The maximum atomic E-state index is 11.7. The van der Waals surface area contributed by atoms with Gasteiger partial charge in [-0.25, -0.2) is 8.42 Å². The third-order valence-electron chi connectivity index (χ3n) is 3.78.